The number of hydrogen-bond donors (Lipinski definition) is 0. The lowest BCUT2D eigenvalue weighted by Gasteiger charge is -2.34. The summed E-state index contributed by atoms with van der Waals surface area (Å²) < 4.78 is 32.5. The van der Waals surface area contributed by atoms with Gasteiger partial charge in [-0.15, -0.1) is 11.6 Å². The van der Waals surface area contributed by atoms with E-state index in [1.807, 2.05) is 6.92 Å². The smallest absolute Gasteiger partial charge is 0.243 e. The molecule has 1 atom stereocenters. The fourth-order valence-electron chi connectivity index (χ4n) is 2.70. The van der Waals surface area contributed by atoms with Crippen LogP contribution in [-0.2, 0) is 10.0 Å². The van der Waals surface area contributed by atoms with Gasteiger partial charge in [-0.25, -0.2) is 8.42 Å². The first kappa shape index (κ1) is 16.6. The highest BCUT2D eigenvalue weighted by molar-refractivity contribution is 7.89. The van der Waals surface area contributed by atoms with E-state index in [1.54, 1.807) is 28.6 Å². The van der Waals surface area contributed by atoms with Crippen molar-refractivity contribution in [3.8, 4) is 5.75 Å². The van der Waals surface area contributed by atoms with Crippen molar-refractivity contribution in [2.75, 3.05) is 19.0 Å². The van der Waals surface area contributed by atoms with Crippen molar-refractivity contribution >= 4 is 21.6 Å². The molecule has 2 rings (SSSR count). The van der Waals surface area contributed by atoms with E-state index < -0.39 is 10.0 Å². The fraction of sp³-hybridized carbons (Fsp3) is 0.600. The first-order chi connectivity index (χ1) is 10.1. The van der Waals surface area contributed by atoms with Crippen molar-refractivity contribution in [3.05, 3.63) is 24.3 Å². The second kappa shape index (κ2) is 7.47. The second-order valence-electron chi connectivity index (χ2n) is 5.18. The van der Waals surface area contributed by atoms with E-state index in [9.17, 15) is 8.42 Å². The molecule has 0 radical (unpaired) electrons. The van der Waals surface area contributed by atoms with Gasteiger partial charge in [-0.2, -0.15) is 4.31 Å². The fourth-order valence-corrected chi connectivity index (χ4v) is 4.54. The number of halogens is 1. The average Bonchev–Trinajstić information content (AvgIpc) is 2.53. The third-order valence-corrected chi connectivity index (χ3v) is 5.94. The van der Waals surface area contributed by atoms with Gasteiger partial charge in [-0.3, -0.25) is 0 Å². The molecule has 1 aliphatic rings. The Bertz CT molecular complexity index is 545. The highest BCUT2D eigenvalue weighted by Gasteiger charge is 2.32. The van der Waals surface area contributed by atoms with Gasteiger partial charge < -0.3 is 4.74 Å². The first-order valence-electron chi connectivity index (χ1n) is 7.40. The Balaban J connectivity index is 2.18. The maximum atomic E-state index is 12.7. The molecule has 0 aromatic heterocycles. The van der Waals surface area contributed by atoms with E-state index in [0.717, 1.165) is 25.7 Å². The van der Waals surface area contributed by atoms with Crippen molar-refractivity contribution in [2.45, 2.75) is 43.5 Å². The average molecular weight is 332 g/mol. The van der Waals surface area contributed by atoms with Crippen LogP contribution in [0.3, 0.4) is 0 Å². The molecule has 1 aromatic carbocycles. The molecular weight excluding hydrogens is 310 g/mol. The number of piperidine rings is 1. The lowest BCUT2D eigenvalue weighted by molar-refractivity contribution is 0.246. The highest BCUT2D eigenvalue weighted by Crippen LogP contribution is 2.27. The molecule has 0 bridgehead atoms. The molecule has 1 saturated heterocycles. The van der Waals surface area contributed by atoms with Crippen LogP contribution in [0.4, 0.5) is 0 Å². The lowest BCUT2D eigenvalue weighted by atomic mass is 10.0. The van der Waals surface area contributed by atoms with Gasteiger partial charge in [0, 0.05) is 12.6 Å². The van der Waals surface area contributed by atoms with Gasteiger partial charge >= 0.3 is 0 Å². The SMILES string of the molecule is CCC1CCCCN1S(=O)(=O)c1ccc(OCCCl)cc1. The number of benzene rings is 1. The molecule has 1 heterocycles. The van der Waals surface area contributed by atoms with Crippen LogP contribution >= 0.6 is 11.6 Å². The summed E-state index contributed by atoms with van der Waals surface area (Å²) in [6, 6.07) is 6.71. The maximum absolute atomic E-state index is 12.7. The first-order valence-corrected chi connectivity index (χ1v) is 9.37. The number of sulfonamides is 1. The molecule has 1 aliphatic heterocycles. The predicted molar refractivity (Wildman–Crippen MR) is 84.5 cm³/mol. The minimum Gasteiger partial charge on any atom is -0.492 e. The predicted octanol–water partition coefficient (Wildman–Crippen LogP) is 3.26. The molecule has 1 unspecified atom stereocenters. The van der Waals surface area contributed by atoms with E-state index in [0.29, 0.717) is 29.7 Å². The van der Waals surface area contributed by atoms with E-state index in [2.05, 4.69) is 0 Å². The van der Waals surface area contributed by atoms with Crippen LogP contribution in [-0.4, -0.2) is 37.8 Å². The van der Waals surface area contributed by atoms with Gasteiger partial charge in [-0.1, -0.05) is 13.3 Å². The molecule has 0 spiro atoms. The molecule has 0 aliphatic carbocycles. The molecule has 1 aromatic rings. The third kappa shape index (κ3) is 3.90. The zero-order chi connectivity index (χ0) is 15.3. The third-order valence-electron chi connectivity index (χ3n) is 3.82. The quantitative estimate of drug-likeness (QED) is 0.752. The molecule has 118 valence electrons. The van der Waals surface area contributed by atoms with E-state index >= 15 is 0 Å². The highest BCUT2D eigenvalue weighted by atomic mass is 35.5. The number of rotatable bonds is 6. The zero-order valence-corrected chi connectivity index (χ0v) is 13.9. The van der Waals surface area contributed by atoms with Crippen LogP contribution in [0.15, 0.2) is 29.2 Å². The Hall–Kier alpha value is -0.780. The zero-order valence-electron chi connectivity index (χ0n) is 12.3. The van der Waals surface area contributed by atoms with Gasteiger partial charge in [0.05, 0.1) is 10.8 Å². The van der Waals surface area contributed by atoms with E-state index in [-0.39, 0.29) is 6.04 Å². The van der Waals surface area contributed by atoms with Crippen LogP contribution in [0.2, 0.25) is 0 Å². The van der Waals surface area contributed by atoms with Crippen LogP contribution < -0.4 is 4.74 Å². The summed E-state index contributed by atoms with van der Waals surface area (Å²) in [5, 5.41) is 0. The Labute approximate surface area is 132 Å². The summed E-state index contributed by atoms with van der Waals surface area (Å²) in [6.07, 6.45) is 3.85. The van der Waals surface area contributed by atoms with Gasteiger partial charge in [0.1, 0.15) is 12.4 Å². The van der Waals surface area contributed by atoms with Crippen molar-refractivity contribution in [1.82, 2.24) is 4.31 Å². The Morgan fingerprint density at radius 2 is 2.00 bits per heavy atom. The number of hydrogen-bond acceptors (Lipinski definition) is 3. The lowest BCUT2D eigenvalue weighted by Crippen LogP contribution is -2.43. The van der Waals surface area contributed by atoms with Gasteiger partial charge in [0.2, 0.25) is 10.0 Å². The monoisotopic (exact) mass is 331 g/mol. The molecule has 1 fully saturated rings. The molecule has 0 N–H and O–H groups in total. The van der Waals surface area contributed by atoms with Crippen LogP contribution in [0.1, 0.15) is 32.6 Å². The summed E-state index contributed by atoms with van der Waals surface area (Å²) in [6.45, 7) is 3.07. The minimum absolute atomic E-state index is 0.121. The Kier molecular flexibility index (Phi) is 5.90. The number of alkyl halides is 1. The van der Waals surface area contributed by atoms with Crippen molar-refractivity contribution < 1.29 is 13.2 Å². The Morgan fingerprint density at radius 3 is 2.62 bits per heavy atom. The normalized spacial score (nSPS) is 20.4. The van der Waals surface area contributed by atoms with Crippen LogP contribution in [0.25, 0.3) is 0 Å². The van der Waals surface area contributed by atoms with Crippen molar-refractivity contribution in [3.63, 3.8) is 0 Å². The molecule has 4 nitrogen and oxygen atoms in total. The molecule has 6 heteroatoms. The Morgan fingerprint density at radius 1 is 1.29 bits per heavy atom. The largest absolute Gasteiger partial charge is 0.492 e. The van der Waals surface area contributed by atoms with Gasteiger partial charge in [0.25, 0.3) is 0 Å². The summed E-state index contributed by atoms with van der Waals surface area (Å²) >= 11 is 5.56. The number of ether oxygens (including phenoxy) is 1. The van der Waals surface area contributed by atoms with Crippen LogP contribution in [0, 0.1) is 0 Å². The van der Waals surface area contributed by atoms with Gasteiger partial charge in [0.15, 0.2) is 0 Å². The topological polar surface area (TPSA) is 46.6 Å². The maximum Gasteiger partial charge on any atom is 0.243 e. The summed E-state index contributed by atoms with van der Waals surface area (Å²) in [5.74, 6) is 1.05. The summed E-state index contributed by atoms with van der Waals surface area (Å²) in [4.78, 5) is 0.334. The summed E-state index contributed by atoms with van der Waals surface area (Å²) in [5.41, 5.74) is 0. The van der Waals surface area contributed by atoms with E-state index in [1.165, 1.54) is 0 Å². The molecule has 0 amide bonds. The minimum atomic E-state index is -3.41. The van der Waals surface area contributed by atoms with E-state index in [4.69, 9.17) is 16.3 Å². The molecule has 0 saturated carbocycles. The summed E-state index contributed by atoms with van der Waals surface area (Å²) in [7, 11) is -3.41. The second-order valence-corrected chi connectivity index (χ2v) is 7.45. The molecule has 21 heavy (non-hydrogen) atoms. The van der Waals surface area contributed by atoms with Crippen molar-refractivity contribution in [1.29, 1.82) is 0 Å². The van der Waals surface area contributed by atoms with Crippen LogP contribution in [0.5, 0.6) is 5.75 Å². The standard InChI is InChI=1S/C15H22ClNO3S/c1-2-13-5-3-4-11-17(13)21(18,19)15-8-6-14(7-9-15)20-12-10-16/h6-9,13H,2-5,10-12H2,1H3. The van der Waals surface area contributed by atoms with Crippen molar-refractivity contribution in [2.24, 2.45) is 0 Å². The molecular formula is C15H22ClNO3S. The number of nitrogens with zero attached hydrogens (tertiary/aromatic N) is 1. The van der Waals surface area contributed by atoms with Gasteiger partial charge in [-0.05, 0) is 43.5 Å².